The molecule has 96 valence electrons. The molecule has 6 heteroatoms. The van der Waals surface area contributed by atoms with E-state index in [4.69, 9.17) is 5.11 Å². The van der Waals surface area contributed by atoms with E-state index in [-0.39, 0.29) is 12.2 Å². The van der Waals surface area contributed by atoms with Gasteiger partial charge >= 0.3 is 5.97 Å². The van der Waals surface area contributed by atoms with Crippen LogP contribution in [0, 0.1) is 0 Å². The number of rotatable bonds is 7. The lowest BCUT2D eigenvalue weighted by Gasteiger charge is -2.19. The van der Waals surface area contributed by atoms with Gasteiger partial charge in [0.2, 0.25) is 0 Å². The molecule has 0 saturated heterocycles. The zero-order valence-electron chi connectivity index (χ0n) is 10.1. The van der Waals surface area contributed by atoms with E-state index < -0.39 is 20.6 Å². The first kappa shape index (κ1) is 15.4. The molecule has 16 heavy (non-hydrogen) atoms. The molecule has 0 rings (SSSR count). The molecule has 0 atom stereocenters. The largest absolute Gasteiger partial charge is 0.481 e. The average molecular weight is 251 g/mol. The molecule has 0 fully saturated rings. The van der Waals surface area contributed by atoms with Crippen LogP contribution in [0.25, 0.3) is 0 Å². The van der Waals surface area contributed by atoms with Gasteiger partial charge in [-0.05, 0) is 33.7 Å². The second-order valence-electron chi connectivity index (χ2n) is 4.68. The molecular formula is C10H21NO4S. The first-order chi connectivity index (χ1) is 7.17. The van der Waals surface area contributed by atoms with Crippen LogP contribution in [0.15, 0.2) is 0 Å². The molecule has 0 saturated carbocycles. The van der Waals surface area contributed by atoms with Crippen molar-refractivity contribution in [1.29, 1.82) is 0 Å². The highest BCUT2D eigenvalue weighted by Crippen LogP contribution is 2.15. The summed E-state index contributed by atoms with van der Waals surface area (Å²) >= 11 is 0. The number of carboxylic acids is 1. The summed E-state index contributed by atoms with van der Waals surface area (Å²) in [5, 5.41) is 11.3. The number of hydrogen-bond acceptors (Lipinski definition) is 4. The molecule has 0 aliphatic heterocycles. The number of hydrogen-bond donors (Lipinski definition) is 2. The predicted octanol–water partition coefficient (Wildman–Crippen LogP) is 0.654. The summed E-state index contributed by atoms with van der Waals surface area (Å²) in [6.07, 6.45) is 0.629. The Balaban J connectivity index is 3.72. The van der Waals surface area contributed by atoms with Crippen molar-refractivity contribution >= 4 is 15.8 Å². The molecule has 0 aromatic rings. The first-order valence-electron chi connectivity index (χ1n) is 5.31. The van der Waals surface area contributed by atoms with Gasteiger partial charge in [-0.3, -0.25) is 4.79 Å². The lowest BCUT2D eigenvalue weighted by atomic mass is 10.3. The monoisotopic (exact) mass is 251 g/mol. The van der Waals surface area contributed by atoms with Crippen molar-refractivity contribution in [3.05, 3.63) is 0 Å². The third-order valence-electron chi connectivity index (χ3n) is 2.22. The molecule has 0 aliphatic rings. The van der Waals surface area contributed by atoms with Crippen molar-refractivity contribution in [2.24, 2.45) is 0 Å². The Morgan fingerprint density at radius 1 is 1.25 bits per heavy atom. The van der Waals surface area contributed by atoms with Gasteiger partial charge in [-0.2, -0.15) is 0 Å². The molecule has 0 aromatic heterocycles. The lowest BCUT2D eigenvalue weighted by molar-refractivity contribution is -0.137. The van der Waals surface area contributed by atoms with Crippen LogP contribution in [0.4, 0.5) is 0 Å². The minimum Gasteiger partial charge on any atom is -0.481 e. The van der Waals surface area contributed by atoms with Crippen LogP contribution in [-0.4, -0.2) is 43.1 Å². The highest BCUT2D eigenvalue weighted by atomic mass is 32.2. The Morgan fingerprint density at radius 2 is 1.81 bits per heavy atom. The van der Waals surface area contributed by atoms with E-state index in [2.05, 4.69) is 5.32 Å². The number of carbonyl (C=O) groups is 1. The third-order valence-corrected chi connectivity index (χ3v) is 4.83. The van der Waals surface area contributed by atoms with E-state index in [9.17, 15) is 13.2 Å². The zero-order valence-corrected chi connectivity index (χ0v) is 10.9. The summed E-state index contributed by atoms with van der Waals surface area (Å²) in [4.78, 5) is 10.2. The Hall–Kier alpha value is -0.620. The standard InChI is InChI=1S/C10H21NO4S/c1-10(2,3)16(14,15)8-7-11-6-4-5-9(12)13/h11H,4-8H2,1-3H3,(H,12,13). The SMILES string of the molecule is CC(C)(C)S(=O)(=O)CCNCCCC(=O)O. The van der Waals surface area contributed by atoms with Crippen LogP contribution < -0.4 is 5.32 Å². The van der Waals surface area contributed by atoms with E-state index in [1.54, 1.807) is 20.8 Å². The Labute approximate surface area is 97.2 Å². The van der Waals surface area contributed by atoms with Crippen LogP contribution in [0.5, 0.6) is 0 Å². The fourth-order valence-corrected chi connectivity index (χ4v) is 2.03. The maximum absolute atomic E-state index is 11.7. The summed E-state index contributed by atoms with van der Waals surface area (Å²) in [6.45, 7) is 5.93. The molecule has 5 nitrogen and oxygen atoms in total. The first-order valence-corrected chi connectivity index (χ1v) is 6.97. The maximum Gasteiger partial charge on any atom is 0.303 e. The number of aliphatic carboxylic acids is 1. The van der Waals surface area contributed by atoms with Gasteiger partial charge in [-0.15, -0.1) is 0 Å². The summed E-state index contributed by atoms with van der Waals surface area (Å²) in [5.74, 6) is -0.743. The molecule has 0 aromatic carbocycles. The molecule has 0 spiro atoms. The van der Waals surface area contributed by atoms with Crippen molar-refractivity contribution in [2.75, 3.05) is 18.8 Å². The van der Waals surface area contributed by atoms with Crippen LogP contribution in [-0.2, 0) is 14.6 Å². The summed E-state index contributed by atoms with van der Waals surface area (Å²) < 4.78 is 22.6. The van der Waals surface area contributed by atoms with E-state index in [0.29, 0.717) is 19.5 Å². The normalized spacial score (nSPS) is 12.7. The number of sulfone groups is 1. The topological polar surface area (TPSA) is 83.5 Å². The Morgan fingerprint density at radius 3 is 2.25 bits per heavy atom. The maximum atomic E-state index is 11.7. The minimum atomic E-state index is -3.08. The fraction of sp³-hybridized carbons (Fsp3) is 0.900. The highest BCUT2D eigenvalue weighted by molar-refractivity contribution is 7.92. The smallest absolute Gasteiger partial charge is 0.303 e. The molecule has 0 unspecified atom stereocenters. The summed E-state index contributed by atoms with van der Waals surface area (Å²) in [6, 6.07) is 0. The van der Waals surface area contributed by atoms with Crippen LogP contribution in [0.2, 0.25) is 0 Å². The van der Waals surface area contributed by atoms with Gasteiger partial charge in [0, 0.05) is 13.0 Å². The molecule has 0 aliphatic carbocycles. The van der Waals surface area contributed by atoms with Crippen molar-refractivity contribution in [3.63, 3.8) is 0 Å². The van der Waals surface area contributed by atoms with Gasteiger partial charge in [0.15, 0.2) is 9.84 Å². The quantitative estimate of drug-likeness (QED) is 0.649. The second-order valence-corrected chi connectivity index (χ2v) is 7.54. The second kappa shape index (κ2) is 6.20. The molecule has 0 bridgehead atoms. The average Bonchev–Trinajstić information content (AvgIpc) is 2.08. The van der Waals surface area contributed by atoms with Gasteiger partial charge in [-0.1, -0.05) is 0 Å². The zero-order chi connectivity index (χ0) is 12.8. The summed E-state index contributed by atoms with van der Waals surface area (Å²) in [7, 11) is -3.08. The van der Waals surface area contributed by atoms with Gasteiger partial charge in [-0.25, -0.2) is 8.42 Å². The number of carboxylic acid groups (broad SMARTS) is 1. The van der Waals surface area contributed by atoms with E-state index >= 15 is 0 Å². The highest BCUT2D eigenvalue weighted by Gasteiger charge is 2.27. The van der Waals surface area contributed by atoms with Crippen molar-refractivity contribution in [3.8, 4) is 0 Å². The van der Waals surface area contributed by atoms with Gasteiger partial charge in [0.1, 0.15) is 0 Å². The van der Waals surface area contributed by atoms with Crippen LogP contribution >= 0.6 is 0 Å². The third kappa shape index (κ3) is 6.07. The van der Waals surface area contributed by atoms with Gasteiger partial charge in [0.25, 0.3) is 0 Å². The molecule has 2 N–H and O–H groups in total. The van der Waals surface area contributed by atoms with Gasteiger partial charge < -0.3 is 10.4 Å². The minimum absolute atomic E-state index is 0.0869. The van der Waals surface area contributed by atoms with E-state index in [0.717, 1.165) is 0 Å². The molecule has 0 radical (unpaired) electrons. The number of nitrogens with one attached hydrogen (secondary N) is 1. The van der Waals surface area contributed by atoms with Crippen LogP contribution in [0.1, 0.15) is 33.6 Å². The Bertz CT molecular complexity index is 316. The van der Waals surface area contributed by atoms with Crippen molar-refractivity contribution < 1.29 is 18.3 Å². The Kier molecular flexibility index (Phi) is 5.96. The molecule has 0 heterocycles. The van der Waals surface area contributed by atoms with Crippen molar-refractivity contribution in [2.45, 2.75) is 38.4 Å². The van der Waals surface area contributed by atoms with Gasteiger partial charge in [0.05, 0.1) is 10.5 Å². The van der Waals surface area contributed by atoms with E-state index in [1.807, 2.05) is 0 Å². The predicted molar refractivity (Wildman–Crippen MR) is 63.3 cm³/mol. The fourth-order valence-electron chi connectivity index (χ4n) is 1.00. The van der Waals surface area contributed by atoms with Crippen molar-refractivity contribution in [1.82, 2.24) is 5.32 Å². The lowest BCUT2D eigenvalue weighted by Crippen LogP contribution is -2.35. The van der Waals surface area contributed by atoms with Crippen LogP contribution in [0.3, 0.4) is 0 Å². The molecular weight excluding hydrogens is 230 g/mol. The summed E-state index contributed by atoms with van der Waals surface area (Å²) in [5.41, 5.74) is 0. The molecule has 0 amide bonds. The van der Waals surface area contributed by atoms with E-state index in [1.165, 1.54) is 0 Å².